The minimum absolute atomic E-state index is 0.0198. The third-order valence-corrected chi connectivity index (χ3v) is 3.08. The van der Waals surface area contributed by atoms with E-state index in [2.05, 4.69) is 10.3 Å². The molecule has 1 aromatic heterocycles. The first-order valence-electron chi connectivity index (χ1n) is 5.95. The molecule has 0 spiro atoms. The topological polar surface area (TPSA) is 94.3 Å². The minimum Gasteiger partial charge on any atom is -0.461 e. The van der Waals surface area contributed by atoms with Crippen LogP contribution in [0.25, 0.3) is 10.9 Å². The van der Waals surface area contributed by atoms with Gasteiger partial charge in [0, 0.05) is 10.4 Å². The molecule has 0 fully saturated rings. The second-order valence-corrected chi connectivity index (χ2v) is 4.89. The van der Waals surface area contributed by atoms with Crippen molar-refractivity contribution >= 4 is 51.8 Å². The lowest BCUT2D eigenvalue weighted by molar-refractivity contribution is 0.0520. The zero-order valence-electron chi connectivity index (χ0n) is 10.9. The van der Waals surface area contributed by atoms with E-state index in [4.69, 9.17) is 33.7 Å². The molecule has 0 bridgehead atoms. The molecule has 110 valence electrons. The van der Waals surface area contributed by atoms with Crippen molar-refractivity contribution in [1.29, 1.82) is 0 Å². The van der Waals surface area contributed by atoms with E-state index in [-0.39, 0.29) is 23.0 Å². The smallest absolute Gasteiger partial charge is 0.357 e. The molecule has 0 saturated heterocycles. The van der Waals surface area contributed by atoms with Gasteiger partial charge < -0.3 is 15.8 Å². The van der Waals surface area contributed by atoms with Crippen LogP contribution in [0, 0.1) is 0 Å². The number of nitrogens with zero attached hydrogens (tertiary/aromatic N) is 1. The summed E-state index contributed by atoms with van der Waals surface area (Å²) in [4.78, 5) is 27.1. The van der Waals surface area contributed by atoms with Gasteiger partial charge in [-0.05, 0) is 25.1 Å². The molecule has 2 amide bonds. The molecule has 6 nitrogen and oxygen atoms in total. The van der Waals surface area contributed by atoms with Crippen molar-refractivity contribution in [3.63, 3.8) is 0 Å². The average Bonchev–Trinajstić information content (AvgIpc) is 2.36. The lowest BCUT2D eigenvalue weighted by Gasteiger charge is -2.11. The molecular weight excluding hydrogens is 317 g/mol. The van der Waals surface area contributed by atoms with E-state index >= 15 is 0 Å². The van der Waals surface area contributed by atoms with Gasteiger partial charge in [0.05, 0.1) is 22.8 Å². The highest BCUT2D eigenvalue weighted by atomic mass is 35.5. The summed E-state index contributed by atoms with van der Waals surface area (Å²) >= 11 is 12.0. The van der Waals surface area contributed by atoms with Crippen LogP contribution in [0.3, 0.4) is 0 Å². The minimum atomic E-state index is -0.789. The number of benzene rings is 1. The van der Waals surface area contributed by atoms with Crippen LogP contribution in [0.2, 0.25) is 10.0 Å². The van der Waals surface area contributed by atoms with Crippen LogP contribution in [0.5, 0.6) is 0 Å². The van der Waals surface area contributed by atoms with Crippen LogP contribution < -0.4 is 11.1 Å². The number of anilines is 1. The Bertz CT molecular complexity index is 734. The van der Waals surface area contributed by atoms with Crippen LogP contribution in [-0.4, -0.2) is 23.6 Å². The maximum Gasteiger partial charge on any atom is 0.357 e. The summed E-state index contributed by atoms with van der Waals surface area (Å²) < 4.78 is 4.89. The molecule has 1 aromatic carbocycles. The van der Waals surface area contributed by atoms with Crippen molar-refractivity contribution in [2.45, 2.75) is 6.92 Å². The van der Waals surface area contributed by atoms with Crippen molar-refractivity contribution in [1.82, 2.24) is 4.98 Å². The molecule has 1 heterocycles. The number of carbonyl (C=O) groups is 2. The Morgan fingerprint density at radius 3 is 2.67 bits per heavy atom. The van der Waals surface area contributed by atoms with Gasteiger partial charge in [-0.25, -0.2) is 14.6 Å². The van der Waals surface area contributed by atoms with E-state index < -0.39 is 12.0 Å². The van der Waals surface area contributed by atoms with Crippen LogP contribution in [-0.2, 0) is 4.74 Å². The fourth-order valence-corrected chi connectivity index (χ4v) is 2.41. The van der Waals surface area contributed by atoms with Gasteiger partial charge in [0.2, 0.25) is 0 Å². The van der Waals surface area contributed by atoms with Crippen molar-refractivity contribution in [3.8, 4) is 0 Å². The Balaban J connectivity index is 2.70. The molecule has 0 aliphatic rings. The molecule has 0 saturated carbocycles. The number of esters is 1. The zero-order chi connectivity index (χ0) is 15.6. The van der Waals surface area contributed by atoms with Crippen molar-refractivity contribution < 1.29 is 14.3 Å². The highest BCUT2D eigenvalue weighted by Crippen LogP contribution is 2.33. The van der Waals surface area contributed by atoms with Crippen LogP contribution >= 0.6 is 23.2 Å². The average molecular weight is 328 g/mol. The second kappa shape index (κ2) is 6.15. The number of hydrogen-bond acceptors (Lipinski definition) is 4. The first kappa shape index (κ1) is 15.3. The van der Waals surface area contributed by atoms with Gasteiger partial charge >= 0.3 is 12.0 Å². The van der Waals surface area contributed by atoms with Crippen LogP contribution in [0.15, 0.2) is 18.2 Å². The summed E-state index contributed by atoms with van der Waals surface area (Å²) in [6.07, 6.45) is 0. The van der Waals surface area contributed by atoms with E-state index in [1.165, 1.54) is 18.2 Å². The molecule has 2 aromatic rings. The summed E-state index contributed by atoms with van der Waals surface area (Å²) in [6.45, 7) is 1.88. The summed E-state index contributed by atoms with van der Waals surface area (Å²) in [5.74, 6) is -0.622. The number of ether oxygens (including phenoxy) is 1. The highest BCUT2D eigenvalue weighted by Gasteiger charge is 2.16. The number of aromatic nitrogens is 1. The maximum absolute atomic E-state index is 11.8. The third-order valence-electron chi connectivity index (χ3n) is 2.57. The predicted octanol–water partition coefficient (Wildman–Crippen LogP) is 3.21. The van der Waals surface area contributed by atoms with Crippen molar-refractivity contribution in [2.24, 2.45) is 5.73 Å². The molecule has 0 atom stereocenters. The lowest BCUT2D eigenvalue weighted by atomic mass is 10.1. The first-order valence-corrected chi connectivity index (χ1v) is 6.71. The van der Waals surface area contributed by atoms with E-state index in [1.807, 2.05) is 0 Å². The summed E-state index contributed by atoms with van der Waals surface area (Å²) in [6, 6.07) is 3.59. The van der Waals surface area contributed by atoms with Crippen molar-refractivity contribution in [2.75, 3.05) is 11.9 Å². The quantitative estimate of drug-likeness (QED) is 0.846. The number of nitrogens with two attached hydrogens (primary N) is 1. The van der Waals surface area contributed by atoms with E-state index in [1.54, 1.807) is 6.92 Å². The fraction of sp³-hybridized carbons (Fsp3) is 0.154. The monoisotopic (exact) mass is 327 g/mol. The maximum atomic E-state index is 11.8. The van der Waals surface area contributed by atoms with Crippen LogP contribution in [0.4, 0.5) is 10.5 Å². The molecule has 0 radical (unpaired) electrons. The number of halogens is 2. The molecule has 2 rings (SSSR count). The molecule has 0 unspecified atom stereocenters. The summed E-state index contributed by atoms with van der Waals surface area (Å²) in [7, 11) is 0. The van der Waals surface area contributed by atoms with Gasteiger partial charge in [0.15, 0.2) is 5.69 Å². The number of amides is 2. The molecule has 3 N–H and O–H groups in total. The molecule has 21 heavy (non-hydrogen) atoms. The number of primary amides is 1. The molecule has 0 aliphatic carbocycles. The standard InChI is InChI=1S/C13H11Cl2N3O3/c1-2-21-12(19)10-5-9(18-13(16)20)11-7(15)3-6(14)4-8(11)17-10/h3-5H,2H2,1H3,(H3,16,17,18,20). The van der Waals surface area contributed by atoms with Gasteiger partial charge in [0.25, 0.3) is 0 Å². The molecule has 0 aliphatic heterocycles. The number of urea groups is 1. The van der Waals surface area contributed by atoms with E-state index in [0.29, 0.717) is 15.9 Å². The number of carbonyl (C=O) groups excluding carboxylic acids is 2. The Hall–Kier alpha value is -2.05. The number of rotatable bonds is 3. The second-order valence-electron chi connectivity index (χ2n) is 4.05. The number of hydrogen-bond donors (Lipinski definition) is 2. The summed E-state index contributed by atoms with van der Waals surface area (Å²) in [5, 5.41) is 3.48. The largest absolute Gasteiger partial charge is 0.461 e. The number of nitrogens with one attached hydrogen (secondary N) is 1. The first-order chi connectivity index (χ1) is 9.92. The molecular formula is C13H11Cl2N3O3. The van der Waals surface area contributed by atoms with Gasteiger partial charge in [-0.2, -0.15) is 0 Å². The van der Waals surface area contributed by atoms with Gasteiger partial charge in [-0.15, -0.1) is 0 Å². The predicted molar refractivity (Wildman–Crippen MR) is 80.9 cm³/mol. The SMILES string of the molecule is CCOC(=O)c1cc(NC(N)=O)c2c(Cl)cc(Cl)cc2n1. The Kier molecular flexibility index (Phi) is 4.50. The highest BCUT2D eigenvalue weighted by molar-refractivity contribution is 6.39. The normalized spacial score (nSPS) is 10.4. The van der Waals surface area contributed by atoms with Crippen LogP contribution in [0.1, 0.15) is 17.4 Å². The number of fused-ring (bicyclic) bond motifs is 1. The lowest BCUT2D eigenvalue weighted by Crippen LogP contribution is -2.20. The number of pyridine rings is 1. The molecule has 8 heteroatoms. The van der Waals surface area contributed by atoms with E-state index in [0.717, 1.165) is 0 Å². The Morgan fingerprint density at radius 2 is 2.05 bits per heavy atom. The Labute approximate surface area is 130 Å². The Morgan fingerprint density at radius 1 is 1.33 bits per heavy atom. The van der Waals surface area contributed by atoms with E-state index in [9.17, 15) is 9.59 Å². The van der Waals surface area contributed by atoms with Gasteiger partial charge in [-0.3, -0.25) is 0 Å². The zero-order valence-corrected chi connectivity index (χ0v) is 12.5. The van der Waals surface area contributed by atoms with Crippen molar-refractivity contribution in [3.05, 3.63) is 33.9 Å². The summed E-state index contributed by atoms with van der Waals surface area (Å²) in [5.41, 5.74) is 5.75. The van der Waals surface area contributed by atoms with Gasteiger partial charge in [0.1, 0.15) is 0 Å². The fourth-order valence-electron chi connectivity index (χ4n) is 1.83. The van der Waals surface area contributed by atoms with Gasteiger partial charge in [-0.1, -0.05) is 23.2 Å². The third kappa shape index (κ3) is 3.34.